The first kappa shape index (κ1) is 16.8. The van der Waals surface area contributed by atoms with Crippen molar-refractivity contribution in [3.8, 4) is 0 Å². The molecule has 0 bridgehead atoms. The predicted octanol–water partition coefficient (Wildman–Crippen LogP) is 1.32. The number of aliphatic carboxylic acids is 1. The van der Waals surface area contributed by atoms with Crippen molar-refractivity contribution in [2.45, 2.75) is 39.2 Å². The molecule has 116 valence electrons. The van der Waals surface area contributed by atoms with E-state index in [4.69, 9.17) is 5.11 Å². The van der Waals surface area contributed by atoms with Crippen molar-refractivity contribution in [1.29, 1.82) is 0 Å². The first-order valence-corrected chi connectivity index (χ1v) is 7.45. The average molecular weight is 285 g/mol. The molecule has 1 heterocycles. The molecular formula is C14H27N3O3. The van der Waals surface area contributed by atoms with Crippen molar-refractivity contribution in [2.24, 2.45) is 0 Å². The SMILES string of the molecule is CCC(CC)N(C)C(=O)N1CCN(CCC(=O)O)CC1. The Morgan fingerprint density at radius 2 is 1.70 bits per heavy atom. The fourth-order valence-corrected chi connectivity index (χ4v) is 2.63. The quantitative estimate of drug-likeness (QED) is 0.799. The smallest absolute Gasteiger partial charge is 0.320 e. The molecule has 6 nitrogen and oxygen atoms in total. The zero-order valence-corrected chi connectivity index (χ0v) is 12.8. The summed E-state index contributed by atoms with van der Waals surface area (Å²) in [7, 11) is 1.87. The van der Waals surface area contributed by atoms with Gasteiger partial charge in [0.25, 0.3) is 0 Å². The van der Waals surface area contributed by atoms with Crippen LogP contribution in [-0.2, 0) is 4.79 Å². The summed E-state index contributed by atoms with van der Waals surface area (Å²) >= 11 is 0. The molecule has 0 aromatic rings. The molecule has 0 aromatic heterocycles. The van der Waals surface area contributed by atoms with Gasteiger partial charge in [0.1, 0.15) is 0 Å². The molecule has 1 aliphatic heterocycles. The Morgan fingerprint density at radius 3 is 2.15 bits per heavy atom. The lowest BCUT2D eigenvalue weighted by Gasteiger charge is -2.38. The van der Waals surface area contributed by atoms with Crippen molar-refractivity contribution in [1.82, 2.24) is 14.7 Å². The molecule has 20 heavy (non-hydrogen) atoms. The molecule has 0 radical (unpaired) electrons. The fraction of sp³-hybridized carbons (Fsp3) is 0.857. The van der Waals surface area contributed by atoms with E-state index in [0.717, 1.165) is 25.9 Å². The molecule has 0 spiro atoms. The van der Waals surface area contributed by atoms with Gasteiger partial charge in [-0.15, -0.1) is 0 Å². The third kappa shape index (κ3) is 4.67. The minimum absolute atomic E-state index is 0.0941. The molecule has 1 saturated heterocycles. The number of nitrogens with zero attached hydrogens (tertiary/aromatic N) is 3. The fourth-order valence-electron chi connectivity index (χ4n) is 2.63. The second-order valence-electron chi connectivity index (χ2n) is 5.34. The Bertz CT molecular complexity index is 324. The zero-order valence-electron chi connectivity index (χ0n) is 12.8. The van der Waals surface area contributed by atoms with Crippen molar-refractivity contribution in [2.75, 3.05) is 39.8 Å². The van der Waals surface area contributed by atoms with Gasteiger partial charge in [-0.2, -0.15) is 0 Å². The van der Waals surface area contributed by atoms with E-state index in [0.29, 0.717) is 25.7 Å². The standard InChI is InChI=1S/C14H27N3O3/c1-4-12(5-2)15(3)14(20)17-10-8-16(9-11-17)7-6-13(18)19/h12H,4-11H2,1-3H3,(H,18,19). The van der Waals surface area contributed by atoms with E-state index >= 15 is 0 Å². The van der Waals surface area contributed by atoms with E-state index in [1.165, 1.54) is 0 Å². The second kappa shape index (κ2) is 8.09. The highest BCUT2D eigenvalue weighted by molar-refractivity contribution is 5.74. The molecular weight excluding hydrogens is 258 g/mol. The highest BCUT2D eigenvalue weighted by Crippen LogP contribution is 2.11. The second-order valence-corrected chi connectivity index (χ2v) is 5.34. The van der Waals surface area contributed by atoms with Gasteiger partial charge in [0.05, 0.1) is 6.42 Å². The lowest BCUT2D eigenvalue weighted by molar-refractivity contribution is -0.137. The monoisotopic (exact) mass is 285 g/mol. The lowest BCUT2D eigenvalue weighted by atomic mass is 10.1. The van der Waals surface area contributed by atoms with Crippen LogP contribution >= 0.6 is 0 Å². The van der Waals surface area contributed by atoms with Crippen molar-refractivity contribution in [3.05, 3.63) is 0 Å². The maximum absolute atomic E-state index is 12.4. The maximum Gasteiger partial charge on any atom is 0.320 e. The van der Waals surface area contributed by atoms with Gasteiger partial charge in [0.15, 0.2) is 0 Å². The molecule has 1 rings (SSSR count). The summed E-state index contributed by atoms with van der Waals surface area (Å²) in [6, 6.07) is 0.393. The number of carboxylic acid groups (broad SMARTS) is 1. The van der Waals surface area contributed by atoms with E-state index < -0.39 is 5.97 Å². The predicted molar refractivity (Wildman–Crippen MR) is 77.8 cm³/mol. The van der Waals surface area contributed by atoms with E-state index in [9.17, 15) is 9.59 Å². The lowest BCUT2D eigenvalue weighted by Crippen LogP contribution is -2.53. The van der Waals surface area contributed by atoms with E-state index in [1.54, 1.807) is 0 Å². The molecule has 6 heteroatoms. The summed E-state index contributed by atoms with van der Waals surface area (Å²) in [5.41, 5.74) is 0. The van der Waals surface area contributed by atoms with Gasteiger partial charge >= 0.3 is 12.0 Å². The molecule has 1 aliphatic rings. The Labute approximate surface area is 121 Å². The van der Waals surface area contributed by atoms with Crippen molar-refractivity contribution < 1.29 is 14.7 Å². The number of carboxylic acids is 1. The maximum atomic E-state index is 12.4. The van der Waals surface area contributed by atoms with Crippen LogP contribution in [-0.4, -0.2) is 77.6 Å². The summed E-state index contributed by atoms with van der Waals surface area (Å²) in [5, 5.41) is 8.67. The van der Waals surface area contributed by atoms with Crippen LogP contribution in [0.3, 0.4) is 0 Å². The average Bonchev–Trinajstić information content (AvgIpc) is 2.46. The van der Waals surface area contributed by atoms with Crippen LogP contribution in [0.2, 0.25) is 0 Å². The van der Waals surface area contributed by atoms with E-state index in [1.807, 2.05) is 16.8 Å². The minimum Gasteiger partial charge on any atom is -0.481 e. The zero-order chi connectivity index (χ0) is 15.1. The topological polar surface area (TPSA) is 64.1 Å². The van der Waals surface area contributed by atoms with Crippen molar-refractivity contribution in [3.63, 3.8) is 0 Å². The molecule has 0 atom stereocenters. The molecule has 1 fully saturated rings. The number of rotatable bonds is 6. The van der Waals surface area contributed by atoms with Crippen LogP contribution in [0.5, 0.6) is 0 Å². The van der Waals surface area contributed by atoms with Gasteiger partial charge < -0.3 is 14.9 Å². The highest BCUT2D eigenvalue weighted by Gasteiger charge is 2.26. The van der Waals surface area contributed by atoms with Gasteiger partial charge in [-0.05, 0) is 12.8 Å². The van der Waals surface area contributed by atoms with Crippen LogP contribution in [0.4, 0.5) is 4.79 Å². The van der Waals surface area contributed by atoms with Gasteiger partial charge in [0, 0.05) is 45.8 Å². The Balaban J connectivity index is 2.40. The van der Waals surface area contributed by atoms with Gasteiger partial charge in [-0.1, -0.05) is 13.8 Å². The number of carbonyl (C=O) groups is 2. The molecule has 1 N–H and O–H groups in total. The number of amides is 2. The summed E-state index contributed by atoms with van der Waals surface area (Å²) in [5.74, 6) is -0.767. The molecule has 0 aliphatic carbocycles. The Morgan fingerprint density at radius 1 is 1.15 bits per heavy atom. The Hall–Kier alpha value is -1.30. The van der Waals surface area contributed by atoms with Crippen LogP contribution in [0.1, 0.15) is 33.1 Å². The van der Waals surface area contributed by atoms with Crippen LogP contribution < -0.4 is 0 Å². The number of piperazine rings is 1. The summed E-state index contributed by atoms with van der Waals surface area (Å²) in [6.07, 6.45) is 2.11. The number of urea groups is 1. The van der Waals surface area contributed by atoms with Crippen LogP contribution in [0.25, 0.3) is 0 Å². The van der Waals surface area contributed by atoms with E-state index in [-0.39, 0.29) is 12.5 Å². The largest absolute Gasteiger partial charge is 0.481 e. The minimum atomic E-state index is -0.767. The number of hydrogen-bond acceptors (Lipinski definition) is 3. The van der Waals surface area contributed by atoms with Crippen molar-refractivity contribution >= 4 is 12.0 Å². The molecule has 2 amide bonds. The summed E-state index contributed by atoms with van der Waals surface area (Å²) < 4.78 is 0. The molecule has 0 unspecified atom stereocenters. The highest BCUT2D eigenvalue weighted by atomic mass is 16.4. The van der Waals surface area contributed by atoms with Gasteiger partial charge in [0.2, 0.25) is 0 Å². The first-order valence-electron chi connectivity index (χ1n) is 7.45. The Kier molecular flexibility index (Phi) is 6.78. The van der Waals surface area contributed by atoms with Gasteiger partial charge in [-0.3, -0.25) is 9.69 Å². The third-order valence-electron chi connectivity index (χ3n) is 4.08. The third-order valence-corrected chi connectivity index (χ3v) is 4.08. The summed E-state index contributed by atoms with van der Waals surface area (Å²) in [6.45, 7) is 7.65. The number of carbonyl (C=O) groups excluding carboxylic acids is 1. The van der Waals surface area contributed by atoms with Crippen LogP contribution in [0.15, 0.2) is 0 Å². The first-order chi connectivity index (χ1) is 9.49. The number of hydrogen-bond donors (Lipinski definition) is 1. The van der Waals surface area contributed by atoms with Crippen LogP contribution in [0, 0.1) is 0 Å². The molecule has 0 saturated carbocycles. The summed E-state index contributed by atoms with van der Waals surface area (Å²) in [4.78, 5) is 28.7. The molecule has 0 aromatic carbocycles. The van der Waals surface area contributed by atoms with E-state index in [2.05, 4.69) is 18.7 Å². The van der Waals surface area contributed by atoms with Gasteiger partial charge in [-0.25, -0.2) is 4.79 Å². The normalized spacial score (nSPS) is 16.5.